The molecule has 2 N–H and O–H groups in total. The number of carbonyl (C=O) groups excluding carboxylic acids is 1. The Kier molecular flexibility index (Phi) is 3.83. The third-order valence-corrected chi connectivity index (χ3v) is 6.02. The average Bonchev–Trinajstić information content (AvgIpc) is 3.22. The maximum atomic E-state index is 12.7. The lowest BCUT2D eigenvalue weighted by molar-refractivity contribution is -0.145. The largest absolute Gasteiger partial charge is 0.480 e. The van der Waals surface area contributed by atoms with Crippen LogP contribution in [0.1, 0.15) is 36.8 Å². The Bertz CT molecular complexity index is 667. The van der Waals surface area contributed by atoms with Crippen molar-refractivity contribution in [2.45, 2.75) is 43.6 Å². The number of nitrogens with one attached hydrogen (secondary N) is 1. The van der Waals surface area contributed by atoms with Gasteiger partial charge in [-0.25, -0.2) is 4.79 Å². The van der Waals surface area contributed by atoms with E-state index in [9.17, 15) is 14.7 Å². The van der Waals surface area contributed by atoms with Crippen molar-refractivity contribution in [3.63, 3.8) is 0 Å². The fraction of sp³-hybridized carbons (Fsp3) is 0.579. The van der Waals surface area contributed by atoms with Gasteiger partial charge in [-0.2, -0.15) is 0 Å². The Balaban J connectivity index is 1.46. The van der Waals surface area contributed by atoms with Crippen molar-refractivity contribution in [1.29, 1.82) is 0 Å². The van der Waals surface area contributed by atoms with Gasteiger partial charge in [-0.15, -0.1) is 0 Å². The monoisotopic (exact) mass is 329 g/mol. The maximum absolute atomic E-state index is 12.7. The van der Waals surface area contributed by atoms with Crippen LogP contribution in [0.5, 0.6) is 0 Å². The SMILES string of the molecule is O=C(O)C(NC(=O)C1CC12CCc1ccccc12)C1CCCOC1. The molecule has 1 saturated carbocycles. The predicted molar refractivity (Wildman–Crippen MR) is 87.7 cm³/mol. The van der Waals surface area contributed by atoms with Gasteiger partial charge in [-0.05, 0) is 43.2 Å². The number of hydrogen-bond acceptors (Lipinski definition) is 3. The maximum Gasteiger partial charge on any atom is 0.326 e. The summed E-state index contributed by atoms with van der Waals surface area (Å²) in [6.07, 6.45) is 4.48. The summed E-state index contributed by atoms with van der Waals surface area (Å²) in [5, 5.41) is 12.3. The summed E-state index contributed by atoms with van der Waals surface area (Å²) in [7, 11) is 0. The van der Waals surface area contributed by atoms with E-state index in [0.717, 1.165) is 32.1 Å². The minimum atomic E-state index is -0.958. The highest BCUT2D eigenvalue weighted by Gasteiger charge is 2.61. The van der Waals surface area contributed by atoms with Crippen LogP contribution in [0.2, 0.25) is 0 Å². The zero-order valence-electron chi connectivity index (χ0n) is 13.7. The second-order valence-corrected chi connectivity index (χ2v) is 7.37. The van der Waals surface area contributed by atoms with Crippen LogP contribution in [0, 0.1) is 11.8 Å². The highest BCUT2D eigenvalue weighted by molar-refractivity contribution is 5.89. The molecule has 24 heavy (non-hydrogen) atoms. The molecule has 3 aliphatic rings. The number of aliphatic carboxylic acids is 1. The molecule has 2 aliphatic carbocycles. The highest BCUT2D eigenvalue weighted by atomic mass is 16.5. The summed E-state index contributed by atoms with van der Waals surface area (Å²) in [5.41, 5.74) is 2.58. The molecule has 1 saturated heterocycles. The van der Waals surface area contributed by atoms with E-state index in [0.29, 0.717) is 13.2 Å². The molecule has 0 aromatic heterocycles. The fourth-order valence-corrected chi connectivity index (χ4v) is 4.60. The third kappa shape index (κ3) is 2.51. The summed E-state index contributed by atoms with van der Waals surface area (Å²) >= 11 is 0. The Labute approximate surface area is 141 Å². The predicted octanol–water partition coefficient (Wildman–Crippen LogP) is 1.89. The normalized spacial score (nSPS) is 32.2. The van der Waals surface area contributed by atoms with Gasteiger partial charge in [0.2, 0.25) is 5.91 Å². The number of rotatable bonds is 4. The second kappa shape index (κ2) is 5.88. The lowest BCUT2D eigenvalue weighted by Gasteiger charge is -2.28. The number of hydrogen-bond donors (Lipinski definition) is 2. The van der Waals surface area contributed by atoms with Gasteiger partial charge in [0.05, 0.1) is 6.61 Å². The average molecular weight is 329 g/mol. The van der Waals surface area contributed by atoms with E-state index >= 15 is 0 Å². The number of aryl methyl sites for hydroxylation is 1. The molecule has 4 atom stereocenters. The van der Waals surface area contributed by atoms with Gasteiger partial charge in [0.25, 0.3) is 0 Å². The molecule has 1 aromatic carbocycles. The number of benzene rings is 1. The molecule has 1 aromatic rings. The molecule has 0 radical (unpaired) electrons. The van der Waals surface area contributed by atoms with Crippen molar-refractivity contribution < 1.29 is 19.4 Å². The van der Waals surface area contributed by atoms with Crippen LogP contribution in [0.25, 0.3) is 0 Å². The number of carboxylic acids is 1. The number of carboxylic acid groups (broad SMARTS) is 1. The Morgan fingerprint density at radius 2 is 2.17 bits per heavy atom. The first-order chi connectivity index (χ1) is 11.6. The lowest BCUT2D eigenvalue weighted by atomic mass is 9.92. The summed E-state index contributed by atoms with van der Waals surface area (Å²) in [5.74, 6) is -1.29. The first kappa shape index (κ1) is 15.6. The molecule has 4 rings (SSSR count). The number of carbonyl (C=O) groups is 2. The quantitative estimate of drug-likeness (QED) is 0.884. The summed E-state index contributed by atoms with van der Waals surface area (Å²) in [6, 6.07) is 7.49. The van der Waals surface area contributed by atoms with Crippen LogP contribution in [0.4, 0.5) is 0 Å². The van der Waals surface area contributed by atoms with Crippen molar-refractivity contribution >= 4 is 11.9 Å². The first-order valence-electron chi connectivity index (χ1n) is 8.81. The zero-order chi connectivity index (χ0) is 16.7. The third-order valence-electron chi connectivity index (χ3n) is 6.02. The van der Waals surface area contributed by atoms with Crippen LogP contribution in [0.15, 0.2) is 24.3 Å². The Morgan fingerprint density at radius 3 is 2.92 bits per heavy atom. The second-order valence-electron chi connectivity index (χ2n) is 7.37. The molecule has 4 unspecified atom stereocenters. The zero-order valence-corrected chi connectivity index (χ0v) is 13.7. The van der Waals surface area contributed by atoms with E-state index in [1.165, 1.54) is 11.1 Å². The molecular formula is C19H23NO4. The van der Waals surface area contributed by atoms with Crippen molar-refractivity contribution in [3.05, 3.63) is 35.4 Å². The van der Waals surface area contributed by atoms with Gasteiger partial charge in [-0.3, -0.25) is 4.79 Å². The molecule has 0 bridgehead atoms. The number of amides is 1. The Hall–Kier alpha value is -1.88. The van der Waals surface area contributed by atoms with Gasteiger partial charge < -0.3 is 15.2 Å². The molecular weight excluding hydrogens is 306 g/mol. The molecule has 5 nitrogen and oxygen atoms in total. The van der Waals surface area contributed by atoms with E-state index in [-0.39, 0.29) is 23.2 Å². The van der Waals surface area contributed by atoms with Crippen molar-refractivity contribution in [2.24, 2.45) is 11.8 Å². The van der Waals surface area contributed by atoms with E-state index < -0.39 is 12.0 Å². The molecule has 2 fully saturated rings. The summed E-state index contributed by atoms with van der Waals surface area (Å²) < 4.78 is 5.40. The van der Waals surface area contributed by atoms with Gasteiger partial charge in [0, 0.05) is 23.9 Å². The minimum Gasteiger partial charge on any atom is -0.480 e. The van der Waals surface area contributed by atoms with Gasteiger partial charge in [0.1, 0.15) is 6.04 Å². The van der Waals surface area contributed by atoms with Gasteiger partial charge >= 0.3 is 5.97 Å². The van der Waals surface area contributed by atoms with Crippen LogP contribution in [-0.2, 0) is 26.2 Å². The fourth-order valence-electron chi connectivity index (χ4n) is 4.60. The molecule has 1 spiro atoms. The topological polar surface area (TPSA) is 75.6 Å². The minimum absolute atomic E-state index is 0.0488. The van der Waals surface area contributed by atoms with Crippen molar-refractivity contribution in [3.8, 4) is 0 Å². The summed E-state index contributed by atoms with van der Waals surface area (Å²) in [6.45, 7) is 1.09. The van der Waals surface area contributed by atoms with Gasteiger partial charge in [-0.1, -0.05) is 24.3 Å². The molecule has 128 valence electrons. The van der Waals surface area contributed by atoms with Gasteiger partial charge in [0.15, 0.2) is 0 Å². The van der Waals surface area contributed by atoms with E-state index in [1.54, 1.807) is 0 Å². The van der Waals surface area contributed by atoms with E-state index in [1.807, 2.05) is 12.1 Å². The summed E-state index contributed by atoms with van der Waals surface area (Å²) in [4.78, 5) is 24.3. The van der Waals surface area contributed by atoms with Crippen LogP contribution in [-0.4, -0.2) is 36.2 Å². The molecule has 1 amide bonds. The van der Waals surface area contributed by atoms with E-state index in [2.05, 4.69) is 17.4 Å². The number of fused-ring (bicyclic) bond motifs is 2. The Morgan fingerprint density at radius 1 is 1.33 bits per heavy atom. The van der Waals surface area contributed by atoms with Crippen LogP contribution < -0.4 is 5.32 Å². The van der Waals surface area contributed by atoms with Crippen LogP contribution >= 0.6 is 0 Å². The highest BCUT2D eigenvalue weighted by Crippen LogP contribution is 2.61. The van der Waals surface area contributed by atoms with E-state index in [4.69, 9.17) is 4.74 Å². The first-order valence-corrected chi connectivity index (χ1v) is 8.81. The molecule has 1 aliphatic heterocycles. The smallest absolute Gasteiger partial charge is 0.326 e. The molecule has 1 heterocycles. The van der Waals surface area contributed by atoms with Crippen molar-refractivity contribution in [2.75, 3.05) is 13.2 Å². The van der Waals surface area contributed by atoms with Crippen LogP contribution in [0.3, 0.4) is 0 Å². The molecule has 5 heteroatoms. The standard InChI is InChI=1S/C19H23NO4/c21-17(20-16(18(22)23)13-5-3-9-24-11-13)15-10-19(15)8-7-12-4-1-2-6-14(12)19/h1-2,4,6,13,15-16H,3,5,7-11H2,(H,20,21)(H,22,23). The lowest BCUT2D eigenvalue weighted by Crippen LogP contribution is -2.49. The van der Waals surface area contributed by atoms with Crippen molar-refractivity contribution in [1.82, 2.24) is 5.32 Å². The number of ether oxygens (including phenoxy) is 1.